The Bertz CT molecular complexity index is 313. The van der Waals surface area contributed by atoms with Gasteiger partial charge in [0.15, 0.2) is 0 Å². The third-order valence-electron chi connectivity index (χ3n) is 3.45. The van der Waals surface area contributed by atoms with Crippen molar-refractivity contribution in [2.45, 2.75) is 70.8 Å². The molecule has 1 fully saturated rings. The van der Waals surface area contributed by atoms with Gasteiger partial charge in [-0.1, -0.05) is 39.0 Å². The molecule has 1 aliphatic rings. The van der Waals surface area contributed by atoms with E-state index in [-0.39, 0.29) is 5.75 Å². The molecule has 0 saturated heterocycles. The van der Waals surface area contributed by atoms with Crippen molar-refractivity contribution in [1.82, 2.24) is 10.0 Å². The minimum absolute atomic E-state index is 0.253. The van der Waals surface area contributed by atoms with Crippen LogP contribution in [-0.2, 0) is 10.0 Å². The first-order valence-electron chi connectivity index (χ1n) is 7.85. The van der Waals surface area contributed by atoms with Crippen molar-refractivity contribution < 1.29 is 8.42 Å². The van der Waals surface area contributed by atoms with Crippen molar-refractivity contribution in [3.63, 3.8) is 0 Å². The van der Waals surface area contributed by atoms with Gasteiger partial charge >= 0.3 is 0 Å². The largest absolute Gasteiger partial charge is 0.314 e. The van der Waals surface area contributed by atoms with Gasteiger partial charge in [0.1, 0.15) is 0 Å². The van der Waals surface area contributed by atoms with E-state index in [1.807, 2.05) is 0 Å². The highest BCUT2D eigenvalue weighted by atomic mass is 32.2. The average Bonchev–Trinajstić information content (AvgIpc) is 3.18. The van der Waals surface area contributed by atoms with Gasteiger partial charge in [-0.2, -0.15) is 0 Å². The summed E-state index contributed by atoms with van der Waals surface area (Å²) in [5.74, 6) is 0.253. The van der Waals surface area contributed by atoms with E-state index < -0.39 is 10.0 Å². The van der Waals surface area contributed by atoms with Crippen molar-refractivity contribution in [3.8, 4) is 0 Å². The maximum atomic E-state index is 11.7. The smallest absolute Gasteiger partial charge is 0.211 e. The Hall–Kier alpha value is -0.130. The third-order valence-corrected chi connectivity index (χ3v) is 4.92. The van der Waals surface area contributed by atoms with E-state index in [1.54, 1.807) is 0 Å². The zero-order chi connectivity index (χ0) is 14.0. The van der Waals surface area contributed by atoms with Crippen molar-refractivity contribution in [2.24, 2.45) is 0 Å². The SMILES string of the molecule is CCCCCCCCNS(=O)(=O)CCCNC1CC1. The predicted molar refractivity (Wildman–Crippen MR) is 80.8 cm³/mol. The van der Waals surface area contributed by atoms with Gasteiger partial charge in [0.05, 0.1) is 5.75 Å². The molecule has 0 aliphatic heterocycles. The van der Waals surface area contributed by atoms with E-state index in [9.17, 15) is 8.42 Å². The lowest BCUT2D eigenvalue weighted by molar-refractivity contribution is 0.563. The highest BCUT2D eigenvalue weighted by molar-refractivity contribution is 7.89. The summed E-state index contributed by atoms with van der Waals surface area (Å²) in [4.78, 5) is 0. The van der Waals surface area contributed by atoms with E-state index in [1.165, 1.54) is 38.5 Å². The maximum absolute atomic E-state index is 11.7. The van der Waals surface area contributed by atoms with Crippen molar-refractivity contribution in [1.29, 1.82) is 0 Å². The summed E-state index contributed by atoms with van der Waals surface area (Å²) in [5, 5.41) is 3.33. The summed E-state index contributed by atoms with van der Waals surface area (Å²) >= 11 is 0. The van der Waals surface area contributed by atoms with Crippen LogP contribution in [0.25, 0.3) is 0 Å². The Morgan fingerprint density at radius 2 is 1.63 bits per heavy atom. The molecule has 114 valence electrons. The van der Waals surface area contributed by atoms with Crippen molar-refractivity contribution >= 4 is 10.0 Å². The van der Waals surface area contributed by atoms with E-state index in [4.69, 9.17) is 0 Å². The minimum atomic E-state index is -3.05. The number of rotatable bonds is 13. The Morgan fingerprint density at radius 3 is 2.32 bits per heavy atom. The van der Waals surface area contributed by atoms with Crippen LogP contribution in [0.2, 0.25) is 0 Å². The van der Waals surface area contributed by atoms with Gasteiger partial charge < -0.3 is 5.32 Å². The molecule has 0 aromatic heterocycles. The van der Waals surface area contributed by atoms with Crippen LogP contribution in [0, 0.1) is 0 Å². The van der Waals surface area contributed by atoms with Crippen LogP contribution in [0.5, 0.6) is 0 Å². The molecule has 4 nitrogen and oxygen atoms in total. The second-order valence-electron chi connectivity index (χ2n) is 5.56. The Kier molecular flexibility index (Phi) is 8.66. The summed E-state index contributed by atoms with van der Waals surface area (Å²) < 4.78 is 26.1. The third kappa shape index (κ3) is 10.3. The number of nitrogens with one attached hydrogen (secondary N) is 2. The normalized spacial score (nSPS) is 15.8. The summed E-state index contributed by atoms with van der Waals surface area (Å²) in [6.07, 6.45) is 10.3. The lowest BCUT2D eigenvalue weighted by Gasteiger charge is -2.07. The number of sulfonamides is 1. The van der Waals surface area contributed by atoms with Crippen LogP contribution in [-0.4, -0.2) is 33.3 Å². The minimum Gasteiger partial charge on any atom is -0.314 e. The van der Waals surface area contributed by atoms with Gasteiger partial charge in [-0.15, -0.1) is 0 Å². The quantitative estimate of drug-likeness (QED) is 0.512. The Labute approximate surface area is 118 Å². The zero-order valence-corrected chi connectivity index (χ0v) is 13.1. The molecule has 1 rings (SSSR count). The summed E-state index contributed by atoms with van der Waals surface area (Å²) in [7, 11) is -3.05. The van der Waals surface area contributed by atoms with Gasteiger partial charge in [0.25, 0.3) is 0 Å². The molecule has 0 bridgehead atoms. The topological polar surface area (TPSA) is 58.2 Å². The average molecular weight is 290 g/mol. The molecule has 19 heavy (non-hydrogen) atoms. The van der Waals surface area contributed by atoms with Gasteiger partial charge in [-0.05, 0) is 32.2 Å². The first-order chi connectivity index (χ1) is 9.14. The van der Waals surface area contributed by atoms with Gasteiger partial charge in [0, 0.05) is 12.6 Å². The van der Waals surface area contributed by atoms with E-state index in [0.29, 0.717) is 19.0 Å². The van der Waals surface area contributed by atoms with Crippen molar-refractivity contribution in [2.75, 3.05) is 18.8 Å². The van der Waals surface area contributed by atoms with Gasteiger partial charge in [-0.25, -0.2) is 13.1 Å². The molecule has 0 heterocycles. The first kappa shape index (κ1) is 16.9. The fourth-order valence-electron chi connectivity index (χ4n) is 2.06. The molecule has 0 atom stereocenters. The molecule has 0 radical (unpaired) electrons. The fourth-order valence-corrected chi connectivity index (χ4v) is 3.19. The molecule has 0 aromatic rings. The first-order valence-corrected chi connectivity index (χ1v) is 9.50. The van der Waals surface area contributed by atoms with E-state index in [2.05, 4.69) is 17.0 Å². The molecule has 0 unspecified atom stereocenters. The van der Waals surface area contributed by atoms with Crippen LogP contribution in [0.15, 0.2) is 0 Å². The lowest BCUT2D eigenvalue weighted by Crippen LogP contribution is -2.29. The zero-order valence-electron chi connectivity index (χ0n) is 12.3. The van der Waals surface area contributed by atoms with Crippen LogP contribution in [0.3, 0.4) is 0 Å². The summed E-state index contributed by atoms with van der Waals surface area (Å²) in [6, 6.07) is 0.666. The molecule has 2 N–H and O–H groups in total. The molecule has 0 aromatic carbocycles. The van der Waals surface area contributed by atoms with Gasteiger partial charge in [0.2, 0.25) is 10.0 Å². The highest BCUT2D eigenvalue weighted by Gasteiger charge is 2.20. The Morgan fingerprint density at radius 1 is 0.947 bits per heavy atom. The highest BCUT2D eigenvalue weighted by Crippen LogP contribution is 2.18. The van der Waals surface area contributed by atoms with Crippen LogP contribution in [0.1, 0.15) is 64.7 Å². The molecule has 1 aliphatic carbocycles. The van der Waals surface area contributed by atoms with Crippen molar-refractivity contribution in [3.05, 3.63) is 0 Å². The Balaban J connectivity index is 1.90. The molecule has 1 saturated carbocycles. The van der Waals surface area contributed by atoms with Crippen LogP contribution in [0.4, 0.5) is 0 Å². The maximum Gasteiger partial charge on any atom is 0.211 e. The monoisotopic (exact) mass is 290 g/mol. The summed E-state index contributed by atoms with van der Waals surface area (Å²) in [5.41, 5.74) is 0. The van der Waals surface area contributed by atoms with E-state index >= 15 is 0 Å². The molecule has 0 spiro atoms. The molecule has 5 heteroatoms. The second kappa shape index (κ2) is 9.72. The second-order valence-corrected chi connectivity index (χ2v) is 7.49. The lowest BCUT2D eigenvalue weighted by atomic mass is 10.1. The molecular formula is C14H30N2O2S. The van der Waals surface area contributed by atoms with Gasteiger partial charge in [-0.3, -0.25) is 0 Å². The predicted octanol–water partition coefficient (Wildman–Crippen LogP) is 2.41. The van der Waals surface area contributed by atoms with Crippen LogP contribution < -0.4 is 10.0 Å². The number of unbranched alkanes of at least 4 members (excludes halogenated alkanes) is 5. The molecular weight excluding hydrogens is 260 g/mol. The summed E-state index contributed by atoms with van der Waals surface area (Å²) in [6.45, 7) is 3.62. The standard InChI is InChI=1S/C14H30N2O2S/c1-2-3-4-5-6-7-12-16-19(17,18)13-8-11-15-14-9-10-14/h14-16H,2-13H2,1H3. The van der Waals surface area contributed by atoms with E-state index in [0.717, 1.165) is 19.4 Å². The van der Waals surface area contributed by atoms with Crippen LogP contribution >= 0.6 is 0 Å². The number of hydrogen-bond acceptors (Lipinski definition) is 3. The number of hydrogen-bond donors (Lipinski definition) is 2. The fraction of sp³-hybridized carbons (Fsp3) is 1.00. The molecule has 0 amide bonds.